The molecule has 0 aliphatic heterocycles. The molecular weight excluding hydrogens is 278 g/mol. The molecule has 4 N–H and O–H groups in total. The molecule has 2 rings (SSSR count). The number of benzene rings is 1. The summed E-state index contributed by atoms with van der Waals surface area (Å²) < 4.78 is 0. The fourth-order valence-electron chi connectivity index (χ4n) is 2.92. The maximum Gasteiger partial charge on any atom is 0.251 e. The van der Waals surface area contributed by atoms with Crippen LogP contribution in [0.5, 0.6) is 0 Å². The van der Waals surface area contributed by atoms with Gasteiger partial charge in [-0.1, -0.05) is 30.5 Å². The van der Waals surface area contributed by atoms with Crippen molar-refractivity contribution in [3.63, 3.8) is 0 Å². The second-order valence-electron chi connectivity index (χ2n) is 6.07. The number of rotatable bonds is 6. The lowest BCUT2D eigenvalue weighted by atomic mass is 9.85. The van der Waals surface area contributed by atoms with Crippen molar-refractivity contribution < 1.29 is 9.59 Å². The summed E-state index contributed by atoms with van der Waals surface area (Å²) in [5, 5.41) is 5.71. The van der Waals surface area contributed by atoms with Gasteiger partial charge in [-0.05, 0) is 31.9 Å². The Morgan fingerprint density at radius 3 is 2.27 bits per heavy atom. The zero-order valence-corrected chi connectivity index (χ0v) is 13.2. The molecule has 0 heterocycles. The zero-order valence-electron chi connectivity index (χ0n) is 13.2. The number of nitrogens with two attached hydrogens (primary N) is 1. The van der Waals surface area contributed by atoms with Crippen LogP contribution in [-0.2, 0) is 4.79 Å². The maximum absolute atomic E-state index is 12.2. The van der Waals surface area contributed by atoms with E-state index in [-0.39, 0.29) is 17.2 Å². The fourth-order valence-corrected chi connectivity index (χ4v) is 2.92. The summed E-state index contributed by atoms with van der Waals surface area (Å²) in [5.74, 6) is -0.0965. The van der Waals surface area contributed by atoms with Crippen LogP contribution in [-0.4, -0.2) is 31.4 Å². The van der Waals surface area contributed by atoms with Gasteiger partial charge in [0.05, 0.1) is 5.41 Å². The SMILES string of the molecule is Cc1ccc(C(=O)NCCNC(=O)C2(CN)CCCC2)cc1. The molecular formula is C17H25N3O2. The van der Waals surface area contributed by atoms with Gasteiger partial charge in [-0.25, -0.2) is 0 Å². The molecule has 0 saturated heterocycles. The van der Waals surface area contributed by atoms with Crippen LogP contribution in [0.1, 0.15) is 41.6 Å². The highest BCUT2D eigenvalue weighted by Crippen LogP contribution is 2.37. The van der Waals surface area contributed by atoms with Crippen molar-refractivity contribution in [2.75, 3.05) is 19.6 Å². The van der Waals surface area contributed by atoms with Crippen molar-refractivity contribution >= 4 is 11.8 Å². The van der Waals surface area contributed by atoms with Crippen LogP contribution in [0.25, 0.3) is 0 Å². The van der Waals surface area contributed by atoms with Crippen molar-refractivity contribution in [3.8, 4) is 0 Å². The van der Waals surface area contributed by atoms with Gasteiger partial charge in [-0.2, -0.15) is 0 Å². The molecule has 0 radical (unpaired) electrons. The van der Waals surface area contributed by atoms with Crippen molar-refractivity contribution in [2.24, 2.45) is 11.1 Å². The number of hydrogen-bond acceptors (Lipinski definition) is 3. The average molecular weight is 303 g/mol. The van der Waals surface area contributed by atoms with Crippen LogP contribution in [0.2, 0.25) is 0 Å². The summed E-state index contributed by atoms with van der Waals surface area (Å²) in [5.41, 5.74) is 7.14. The Morgan fingerprint density at radius 2 is 1.68 bits per heavy atom. The van der Waals surface area contributed by atoms with Crippen molar-refractivity contribution in [2.45, 2.75) is 32.6 Å². The minimum atomic E-state index is -0.388. The van der Waals surface area contributed by atoms with Crippen LogP contribution < -0.4 is 16.4 Å². The van der Waals surface area contributed by atoms with Gasteiger partial charge < -0.3 is 16.4 Å². The van der Waals surface area contributed by atoms with Crippen LogP contribution >= 0.6 is 0 Å². The number of carbonyl (C=O) groups is 2. The molecule has 0 bridgehead atoms. The van der Waals surface area contributed by atoms with E-state index in [4.69, 9.17) is 5.73 Å². The molecule has 0 unspecified atom stereocenters. The summed E-state index contributed by atoms with van der Waals surface area (Å²) in [6, 6.07) is 7.40. The highest BCUT2D eigenvalue weighted by Gasteiger charge is 2.39. The topological polar surface area (TPSA) is 84.2 Å². The summed E-state index contributed by atoms with van der Waals surface area (Å²) in [4.78, 5) is 24.2. The molecule has 22 heavy (non-hydrogen) atoms. The van der Waals surface area contributed by atoms with E-state index in [9.17, 15) is 9.59 Å². The third-order valence-electron chi connectivity index (χ3n) is 4.44. The van der Waals surface area contributed by atoms with Crippen LogP contribution in [0.15, 0.2) is 24.3 Å². The monoisotopic (exact) mass is 303 g/mol. The van der Waals surface area contributed by atoms with E-state index in [0.717, 1.165) is 31.2 Å². The van der Waals surface area contributed by atoms with Crippen molar-refractivity contribution in [1.29, 1.82) is 0 Å². The largest absolute Gasteiger partial charge is 0.354 e. The normalized spacial score (nSPS) is 16.3. The Balaban J connectivity index is 1.73. The fraction of sp³-hybridized carbons (Fsp3) is 0.529. The maximum atomic E-state index is 12.2. The van der Waals surface area contributed by atoms with E-state index in [1.54, 1.807) is 12.1 Å². The molecule has 0 spiro atoms. The molecule has 1 aromatic rings. The molecule has 1 aromatic carbocycles. The second kappa shape index (κ2) is 7.40. The Labute approximate surface area is 131 Å². The number of carbonyl (C=O) groups excluding carboxylic acids is 2. The summed E-state index contributed by atoms with van der Waals surface area (Å²) >= 11 is 0. The highest BCUT2D eigenvalue weighted by atomic mass is 16.2. The van der Waals surface area contributed by atoms with Gasteiger partial charge in [0.25, 0.3) is 5.91 Å². The predicted molar refractivity (Wildman–Crippen MR) is 86.5 cm³/mol. The van der Waals surface area contributed by atoms with E-state index in [1.807, 2.05) is 19.1 Å². The van der Waals surface area contributed by atoms with Gasteiger partial charge in [0.1, 0.15) is 0 Å². The van der Waals surface area contributed by atoms with Crippen LogP contribution in [0.4, 0.5) is 0 Å². The second-order valence-corrected chi connectivity index (χ2v) is 6.07. The molecule has 0 atom stereocenters. The lowest BCUT2D eigenvalue weighted by Crippen LogP contribution is -2.46. The molecule has 5 nitrogen and oxygen atoms in total. The predicted octanol–water partition coefficient (Wildman–Crippen LogP) is 1.36. The van der Waals surface area contributed by atoms with Gasteiger partial charge in [0.15, 0.2) is 0 Å². The Morgan fingerprint density at radius 1 is 1.09 bits per heavy atom. The minimum absolute atomic E-state index is 0.0251. The molecule has 120 valence electrons. The first-order valence-electron chi connectivity index (χ1n) is 7.91. The smallest absolute Gasteiger partial charge is 0.251 e. The van der Waals surface area contributed by atoms with E-state index in [1.165, 1.54) is 0 Å². The van der Waals surface area contributed by atoms with Gasteiger partial charge in [0.2, 0.25) is 5.91 Å². The van der Waals surface area contributed by atoms with Crippen LogP contribution in [0.3, 0.4) is 0 Å². The number of amides is 2. The first-order chi connectivity index (χ1) is 10.6. The third kappa shape index (κ3) is 3.85. The minimum Gasteiger partial charge on any atom is -0.354 e. The van der Waals surface area contributed by atoms with Gasteiger partial charge in [-0.15, -0.1) is 0 Å². The summed E-state index contributed by atoms with van der Waals surface area (Å²) in [7, 11) is 0. The first-order valence-corrected chi connectivity index (χ1v) is 7.91. The number of hydrogen-bond donors (Lipinski definition) is 3. The van der Waals surface area contributed by atoms with E-state index < -0.39 is 0 Å². The van der Waals surface area contributed by atoms with E-state index in [0.29, 0.717) is 25.2 Å². The Hall–Kier alpha value is -1.88. The van der Waals surface area contributed by atoms with Crippen molar-refractivity contribution in [1.82, 2.24) is 10.6 Å². The average Bonchev–Trinajstić information content (AvgIpc) is 3.02. The Bertz CT molecular complexity index is 519. The molecule has 1 fully saturated rings. The van der Waals surface area contributed by atoms with Crippen molar-refractivity contribution in [3.05, 3.63) is 35.4 Å². The molecule has 1 saturated carbocycles. The molecule has 5 heteroatoms. The standard InChI is InChI=1S/C17H25N3O2/c1-13-4-6-14(7-5-13)15(21)19-10-11-20-16(22)17(12-18)8-2-3-9-17/h4-7H,2-3,8-12,18H2,1H3,(H,19,21)(H,20,22). The van der Waals surface area contributed by atoms with E-state index >= 15 is 0 Å². The molecule has 0 aromatic heterocycles. The molecule has 1 aliphatic carbocycles. The van der Waals surface area contributed by atoms with Crippen LogP contribution in [0, 0.1) is 12.3 Å². The summed E-state index contributed by atoms with van der Waals surface area (Å²) in [6.07, 6.45) is 3.86. The Kier molecular flexibility index (Phi) is 5.55. The quantitative estimate of drug-likeness (QED) is 0.694. The lowest BCUT2D eigenvalue weighted by molar-refractivity contribution is -0.130. The number of aryl methyl sites for hydroxylation is 1. The number of nitrogens with one attached hydrogen (secondary N) is 2. The van der Waals surface area contributed by atoms with Gasteiger partial charge in [-0.3, -0.25) is 9.59 Å². The molecule has 2 amide bonds. The molecule has 1 aliphatic rings. The first kappa shape index (κ1) is 16.5. The lowest BCUT2D eigenvalue weighted by Gasteiger charge is -2.25. The highest BCUT2D eigenvalue weighted by molar-refractivity contribution is 5.94. The third-order valence-corrected chi connectivity index (χ3v) is 4.44. The zero-order chi connectivity index (χ0) is 16.0. The van der Waals surface area contributed by atoms with Gasteiger partial charge >= 0.3 is 0 Å². The van der Waals surface area contributed by atoms with Gasteiger partial charge in [0, 0.05) is 25.2 Å². The van der Waals surface area contributed by atoms with E-state index in [2.05, 4.69) is 10.6 Å². The summed E-state index contributed by atoms with van der Waals surface area (Å²) in [6.45, 7) is 3.22.